The number of hydrogen-bond donors (Lipinski definition) is 0. The van der Waals surface area contributed by atoms with Gasteiger partial charge in [0.25, 0.3) is 0 Å². The normalized spacial score (nSPS) is 19.6. The predicted molar refractivity (Wildman–Crippen MR) is 120 cm³/mol. The van der Waals surface area contributed by atoms with Crippen molar-refractivity contribution in [3.05, 3.63) is 71.1 Å². The molecule has 27 heavy (non-hydrogen) atoms. The molecule has 0 saturated heterocycles. The lowest BCUT2D eigenvalue weighted by atomic mass is 9.76. The molecule has 0 saturated carbocycles. The minimum atomic E-state index is 0.517. The van der Waals surface area contributed by atoms with Gasteiger partial charge in [-0.25, -0.2) is 0 Å². The molecule has 2 rings (SSSR count). The van der Waals surface area contributed by atoms with E-state index in [1.165, 1.54) is 28.7 Å². The summed E-state index contributed by atoms with van der Waals surface area (Å²) >= 11 is 0. The average molecular weight is 364 g/mol. The maximum absolute atomic E-state index is 4.86. The van der Waals surface area contributed by atoms with Gasteiger partial charge in [0, 0.05) is 6.20 Å². The van der Waals surface area contributed by atoms with Gasteiger partial charge in [-0.2, -0.15) is 0 Å². The Morgan fingerprint density at radius 1 is 1.19 bits per heavy atom. The zero-order valence-corrected chi connectivity index (χ0v) is 18.3. The van der Waals surface area contributed by atoms with Crippen molar-refractivity contribution in [2.75, 3.05) is 0 Å². The molecule has 2 unspecified atom stereocenters. The van der Waals surface area contributed by atoms with Crippen LogP contribution in [0.3, 0.4) is 0 Å². The van der Waals surface area contributed by atoms with Gasteiger partial charge in [-0.1, -0.05) is 78.3 Å². The van der Waals surface area contributed by atoms with Gasteiger partial charge in [0.05, 0.1) is 5.69 Å². The highest BCUT2D eigenvalue weighted by molar-refractivity contribution is 5.72. The Bertz CT molecular complexity index is 726. The molecule has 0 N–H and O–H groups in total. The van der Waals surface area contributed by atoms with Crippen LogP contribution in [-0.4, -0.2) is 4.98 Å². The van der Waals surface area contributed by atoms with E-state index in [1.54, 1.807) is 0 Å². The lowest BCUT2D eigenvalue weighted by Crippen LogP contribution is -2.16. The van der Waals surface area contributed by atoms with Gasteiger partial charge in [-0.15, -0.1) is 0 Å². The Labute approximate surface area is 167 Å². The fourth-order valence-electron chi connectivity index (χ4n) is 3.71. The Kier molecular flexibility index (Phi) is 7.83. The summed E-state index contributed by atoms with van der Waals surface area (Å²) in [6, 6.07) is 4.47. The van der Waals surface area contributed by atoms with E-state index in [9.17, 15) is 0 Å². The van der Waals surface area contributed by atoms with Crippen molar-refractivity contribution in [1.29, 1.82) is 0 Å². The van der Waals surface area contributed by atoms with Gasteiger partial charge in [0.15, 0.2) is 0 Å². The van der Waals surface area contributed by atoms with Crippen LogP contribution in [0.15, 0.2) is 59.9 Å². The number of pyridine rings is 1. The quantitative estimate of drug-likeness (QED) is 0.451. The second-order valence-electron chi connectivity index (χ2n) is 8.48. The molecular weight excluding hydrogens is 326 g/mol. The average Bonchev–Trinajstić information content (AvgIpc) is 2.66. The number of allylic oxidation sites excluding steroid dienone is 8. The van der Waals surface area contributed by atoms with Crippen LogP contribution < -0.4 is 0 Å². The van der Waals surface area contributed by atoms with Crippen molar-refractivity contribution in [3.63, 3.8) is 0 Å². The fraction of sp³-hybridized carbons (Fsp3) is 0.500. The molecule has 2 atom stereocenters. The van der Waals surface area contributed by atoms with Crippen molar-refractivity contribution >= 4 is 5.57 Å². The highest BCUT2D eigenvalue weighted by atomic mass is 14.7. The number of nitrogens with zero attached hydrogens (tertiary/aromatic N) is 1. The standard InChI is InChI=1S/C26H37N/c1-8-10-21(15-18(3)4)22-11-13-24(20(7)9-2)25(16-22)26-14-12-23(17-27-26)19(5)6/h8,10-12,14-20,24H,9,13H2,1-7H3/b10-8-,21-15+. The molecule has 1 aromatic rings. The van der Waals surface area contributed by atoms with Gasteiger partial charge in [-0.3, -0.25) is 4.98 Å². The maximum atomic E-state index is 4.86. The molecule has 1 heteroatoms. The Morgan fingerprint density at radius 3 is 2.44 bits per heavy atom. The van der Waals surface area contributed by atoms with Crippen molar-refractivity contribution in [2.24, 2.45) is 17.8 Å². The van der Waals surface area contributed by atoms with Crippen LogP contribution >= 0.6 is 0 Å². The van der Waals surface area contributed by atoms with E-state index in [2.05, 4.69) is 97.2 Å². The van der Waals surface area contributed by atoms with Gasteiger partial charge in [0.1, 0.15) is 0 Å². The molecule has 146 valence electrons. The second kappa shape index (κ2) is 9.88. The molecule has 0 amide bonds. The largest absolute Gasteiger partial charge is 0.256 e. The summed E-state index contributed by atoms with van der Waals surface area (Å²) in [5.41, 5.74) is 6.51. The van der Waals surface area contributed by atoms with Crippen molar-refractivity contribution in [3.8, 4) is 0 Å². The molecule has 0 spiro atoms. The first-order valence-corrected chi connectivity index (χ1v) is 10.6. The van der Waals surface area contributed by atoms with E-state index >= 15 is 0 Å². The zero-order chi connectivity index (χ0) is 20.0. The summed E-state index contributed by atoms with van der Waals surface area (Å²) in [5.74, 6) is 2.24. The highest BCUT2D eigenvalue weighted by Crippen LogP contribution is 2.39. The van der Waals surface area contributed by atoms with Crippen LogP contribution in [0, 0.1) is 17.8 Å². The van der Waals surface area contributed by atoms with Gasteiger partial charge in [-0.05, 0) is 71.4 Å². The minimum absolute atomic E-state index is 0.517. The van der Waals surface area contributed by atoms with Crippen LogP contribution in [0.2, 0.25) is 0 Å². The molecule has 0 radical (unpaired) electrons. The summed E-state index contributed by atoms with van der Waals surface area (Å²) in [4.78, 5) is 4.86. The van der Waals surface area contributed by atoms with Crippen LogP contribution in [0.1, 0.15) is 78.5 Å². The van der Waals surface area contributed by atoms with E-state index < -0.39 is 0 Å². The Balaban J connectivity index is 2.48. The molecule has 1 aliphatic carbocycles. The fourth-order valence-corrected chi connectivity index (χ4v) is 3.71. The molecule has 0 bridgehead atoms. The molecule has 0 aromatic carbocycles. The number of rotatable bonds is 7. The third-order valence-electron chi connectivity index (χ3n) is 5.57. The Morgan fingerprint density at radius 2 is 1.93 bits per heavy atom. The molecule has 1 heterocycles. The van der Waals surface area contributed by atoms with E-state index in [-0.39, 0.29) is 0 Å². The first-order valence-electron chi connectivity index (χ1n) is 10.6. The molecular formula is C26H37N. The lowest BCUT2D eigenvalue weighted by Gasteiger charge is -2.29. The van der Waals surface area contributed by atoms with E-state index in [0.29, 0.717) is 23.7 Å². The first kappa shape index (κ1) is 21.4. The summed E-state index contributed by atoms with van der Waals surface area (Å²) in [5, 5.41) is 0. The molecule has 0 aliphatic heterocycles. The molecule has 1 aromatic heterocycles. The third-order valence-corrected chi connectivity index (χ3v) is 5.57. The van der Waals surface area contributed by atoms with Crippen LogP contribution in [0.25, 0.3) is 5.57 Å². The summed E-state index contributed by atoms with van der Waals surface area (Å²) in [6.45, 7) is 15.7. The highest BCUT2D eigenvalue weighted by Gasteiger charge is 2.25. The van der Waals surface area contributed by atoms with E-state index in [4.69, 9.17) is 4.98 Å². The predicted octanol–water partition coefficient (Wildman–Crippen LogP) is 7.74. The summed E-state index contributed by atoms with van der Waals surface area (Å²) in [6.07, 6.45) is 15.9. The Hall–Kier alpha value is -1.89. The maximum Gasteiger partial charge on any atom is 0.0665 e. The monoisotopic (exact) mass is 363 g/mol. The number of aromatic nitrogens is 1. The second-order valence-corrected chi connectivity index (χ2v) is 8.48. The zero-order valence-electron chi connectivity index (χ0n) is 18.3. The minimum Gasteiger partial charge on any atom is -0.256 e. The lowest BCUT2D eigenvalue weighted by molar-refractivity contribution is 0.428. The number of hydrogen-bond acceptors (Lipinski definition) is 1. The molecule has 0 fully saturated rings. The molecule has 1 nitrogen and oxygen atoms in total. The van der Waals surface area contributed by atoms with E-state index in [1.807, 2.05) is 0 Å². The van der Waals surface area contributed by atoms with Crippen LogP contribution in [0.4, 0.5) is 0 Å². The van der Waals surface area contributed by atoms with Gasteiger partial charge >= 0.3 is 0 Å². The van der Waals surface area contributed by atoms with Crippen LogP contribution in [0.5, 0.6) is 0 Å². The summed E-state index contributed by atoms with van der Waals surface area (Å²) < 4.78 is 0. The third kappa shape index (κ3) is 5.54. The SMILES string of the molecule is C/C=C\C(=C/C(C)C)C1=CCC(C(C)CC)C(c2ccc(C(C)C)cn2)=C1. The topological polar surface area (TPSA) is 12.9 Å². The van der Waals surface area contributed by atoms with Gasteiger partial charge < -0.3 is 0 Å². The van der Waals surface area contributed by atoms with Crippen LogP contribution in [-0.2, 0) is 0 Å². The smallest absolute Gasteiger partial charge is 0.0665 e. The van der Waals surface area contributed by atoms with Crippen molar-refractivity contribution in [2.45, 2.75) is 67.2 Å². The summed E-state index contributed by atoms with van der Waals surface area (Å²) in [7, 11) is 0. The van der Waals surface area contributed by atoms with Gasteiger partial charge in [0.2, 0.25) is 0 Å². The first-order chi connectivity index (χ1) is 12.9. The van der Waals surface area contributed by atoms with Crippen molar-refractivity contribution < 1.29 is 0 Å². The molecule has 1 aliphatic rings. The van der Waals surface area contributed by atoms with E-state index in [0.717, 1.165) is 12.1 Å². The van der Waals surface area contributed by atoms with Crippen molar-refractivity contribution in [1.82, 2.24) is 4.98 Å².